The van der Waals surface area contributed by atoms with Crippen molar-refractivity contribution in [1.29, 1.82) is 0 Å². The molecule has 4 aliphatic rings. The summed E-state index contributed by atoms with van der Waals surface area (Å²) in [5.74, 6) is 0. The summed E-state index contributed by atoms with van der Waals surface area (Å²) in [5, 5.41) is 20.0. The van der Waals surface area contributed by atoms with Gasteiger partial charge in [0, 0.05) is 12.1 Å². The van der Waals surface area contributed by atoms with Gasteiger partial charge in [0.2, 0.25) is 20.0 Å². The normalized spacial score (nSPS) is 30.8. The third-order valence-electron chi connectivity index (χ3n) is 6.28. The van der Waals surface area contributed by atoms with Crippen molar-refractivity contribution in [1.82, 2.24) is 0 Å². The van der Waals surface area contributed by atoms with E-state index in [0.29, 0.717) is 0 Å². The first-order chi connectivity index (χ1) is 14.1. The average Bonchev–Trinajstić information content (AvgIpc) is 2.71. The van der Waals surface area contributed by atoms with E-state index in [1.165, 1.54) is 32.1 Å². The van der Waals surface area contributed by atoms with Gasteiger partial charge >= 0.3 is 0 Å². The van der Waals surface area contributed by atoms with Crippen LogP contribution in [0.25, 0.3) is 0 Å². The van der Waals surface area contributed by atoms with Gasteiger partial charge in [-0.15, -0.1) is 0 Å². The minimum Gasteiger partial charge on any atom is -0.258 e. The van der Waals surface area contributed by atoms with Gasteiger partial charge in [0.15, 0.2) is 5.41 Å². The van der Waals surface area contributed by atoms with E-state index in [1.54, 1.807) is 33.0 Å². The summed E-state index contributed by atoms with van der Waals surface area (Å²) in [6, 6.07) is 16.8. The molecule has 0 atom stereocenters. The Balaban J connectivity index is 1.47. The number of benzene rings is 2. The Bertz CT molecular complexity index is 935. The van der Waals surface area contributed by atoms with E-state index < -0.39 is 4.92 Å². The van der Waals surface area contributed by atoms with Gasteiger partial charge in [-0.3, -0.25) is 10.1 Å². The monoisotopic (exact) mass is 393 g/mol. The van der Waals surface area contributed by atoms with Crippen molar-refractivity contribution in [3.05, 3.63) is 75.8 Å². The summed E-state index contributed by atoms with van der Waals surface area (Å²) in [4.78, 5) is 15.4. The number of rotatable bonds is 5. The first kappa shape index (κ1) is 18.1. The highest BCUT2D eigenvalue weighted by Gasteiger charge is 2.60. The van der Waals surface area contributed by atoms with E-state index in [1.807, 2.05) is 6.07 Å². The highest BCUT2D eigenvalue weighted by Crippen LogP contribution is 2.23. The Labute approximate surface area is 168 Å². The second-order valence-electron chi connectivity index (χ2n) is 8.50. The summed E-state index contributed by atoms with van der Waals surface area (Å²) in [6.07, 6.45) is 1.68. The van der Waals surface area contributed by atoms with Crippen LogP contribution in [-0.2, 0) is 0 Å². The van der Waals surface area contributed by atoms with Crippen molar-refractivity contribution in [2.45, 2.75) is 0 Å². The van der Waals surface area contributed by atoms with Gasteiger partial charge < -0.3 is 0 Å². The SMILES string of the molecule is O=[N+]([O-])c1ccc(/C=N/N=C(\c2ccccc2)C23C[NH+]4C[NH+](C[NH+](C4)C2)C3)cc1. The fourth-order valence-corrected chi connectivity index (χ4v) is 5.40. The van der Waals surface area contributed by atoms with Crippen LogP contribution >= 0.6 is 0 Å². The molecule has 2 aromatic rings. The average molecular weight is 393 g/mol. The van der Waals surface area contributed by atoms with Crippen LogP contribution in [0.4, 0.5) is 5.69 Å². The highest BCUT2D eigenvalue weighted by atomic mass is 16.6. The fraction of sp³-hybridized carbons (Fsp3) is 0.333. The Morgan fingerprint density at radius 1 is 0.931 bits per heavy atom. The van der Waals surface area contributed by atoms with E-state index in [4.69, 9.17) is 5.10 Å². The van der Waals surface area contributed by atoms with Crippen LogP contribution in [0.1, 0.15) is 11.1 Å². The van der Waals surface area contributed by atoms with E-state index in [-0.39, 0.29) is 11.1 Å². The Hall–Kier alpha value is -2.94. The minimum absolute atomic E-state index is 0.0446. The molecule has 0 saturated carbocycles. The number of quaternary nitrogens is 3. The topological polar surface area (TPSA) is 81.2 Å². The molecule has 4 heterocycles. The van der Waals surface area contributed by atoms with Gasteiger partial charge in [-0.2, -0.15) is 10.2 Å². The molecule has 8 nitrogen and oxygen atoms in total. The Morgan fingerprint density at radius 3 is 2.07 bits per heavy atom. The summed E-state index contributed by atoms with van der Waals surface area (Å²) in [7, 11) is 0. The van der Waals surface area contributed by atoms with Crippen LogP contribution in [0.2, 0.25) is 0 Å². The molecule has 0 amide bonds. The number of nitro benzene ring substituents is 1. The molecule has 0 radical (unpaired) electrons. The van der Waals surface area contributed by atoms with Crippen LogP contribution in [0.3, 0.4) is 0 Å². The molecule has 4 aliphatic heterocycles. The van der Waals surface area contributed by atoms with Gasteiger partial charge in [0.1, 0.15) is 19.6 Å². The third kappa shape index (κ3) is 3.46. The van der Waals surface area contributed by atoms with Crippen molar-refractivity contribution >= 4 is 17.6 Å². The van der Waals surface area contributed by atoms with Gasteiger partial charge in [-0.25, -0.2) is 14.7 Å². The van der Waals surface area contributed by atoms with Gasteiger partial charge in [-0.05, 0) is 23.3 Å². The van der Waals surface area contributed by atoms with Crippen molar-refractivity contribution in [3.63, 3.8) is 0 Å². The van der Waals surface area contributed by atoms with Gasteiger partial charge in [-0.1, -0.05) is 30.3 Å². The molecule has 3 N–H and O–H groups in total. The predicted molar refractivity (Wildman–Crippen MR) is 108 cm³/mol. The largest absolute Gasteiger partial charge is 0.269 e. The quantitative estimate of drug-likeness (QED) is 0.311. The molecule has 4 fully saturated rings. The molecule has 6 rings (SSSR count). The summed E-state index contributed by atoms with van der Waals surface area (Å²) in [5.41, 5.74) is 3.13. The fourth-order valence-electron chi connectivity index (χ4n) is 5.40. The van der Waals surface area contributed by atoms with Crippen molar-refractivity contribution in [3.8, 4) is 0 Å². The summed E-state index contributed by atoms with van der Waals surface area (Å²) < 4.78 is 0. The maximum Gasteiger partial charge on any atom is 0.269 e. The number of nitro groups is 1. The molecule has 8 heteroatoms. The smallest absolute Gasteiger partial charge is 0.258 e. The molecule has 0 aromatic heterocycles. The van der Waals surface area contributed by atoms with Crippen LogP contribution in [0.15, 0.2) is 64.8 Å². The summed E-state index contributed by atoms with van der Waals surface area (Å²) in [6.45, 7) is 6.96. The zero-order valence-corrected chi connectivity index (χ0v) is 16.2. The number of nitrogens with zero attached hydrogens (tertiary/aromatic N) is 3. The Kier molecular flexibility index (Phi) is 4.46. The molecule has 2 aromatic carbocycles. The first-order valence-corrected chi connectivity index (χ1v) is 10.0. The summed E-state index contributed by atoms with van der Waals surface area (Å²) >= 11 is 0. The highest BCUT2D eigenvalue weighted by molar-refractivity contribution is 6.05. The van der Waals surface area contributed by atoms with Gasteiger partial charge in [0.25, 0.3) is 5.69 Å². The number of hydrogen-bond donors (Lipinski definition) is 3. The lowest BCUT2D eigenvalue weighted by Gasteiger charge is -2.52. The van der Waals surface area contributed by atoms with Crippen LogP contribution in [0.5, 0.6) is 0 Å². The van der Waals surface area contributed by atoms with E-state index >= 15 is 0 Å². The standard InChI is InChI=1S/C21H22N6O2/c28-27(29)19-8-6-17(7-9-19)10-22-23-20(18-4-2-1-3-5-18)21-11-24-14-25(12-21)16-26(13-21)15-24/h1-10H,11-16H2/p+3/b22-10+,23-20+. The first-order valence-electron chi connectivity index (χ1n) is 10.0. The minimum atomic E-state index is -0.396. The molecule has 4 saturated heterocycles. The van der Waals surface area contributed by atoms with E-state index in [0.717, 1.165) is 36.5 Å². The molecular formula is C21H25N6O2+3. The van der Waals surface area contributed by atoms with Crippen molar-refractivity contribution in [2.24, 2.45) is 15.6 Å². The maximum absolute atomic E-state index is 10.8. The van der Waals surface area contributed by atoms with Crippen LogP contribution in [0, 0.1) is 15.5 Å². The lowest BCUT2D eigenvalue weighted by Crippen LogP contribution is -3.56. The molecule has 29 heavy (non-hydrogen) atoms. The van der Waals surface area contributed by atoms with Crippen molar-refractivity contribution in [2.75, 3.05) is 39.6 Å². The zero-order chi connectivity index (χ0) is 19.8. The van der Waals surface area contributed by atoms with Crippen molar-refractivity contribution < 1.29 is 19.6 Å². The van der Waals surface area contributed by atoms with Crippen LogP contribution in [-0.4, -0.2) is 56.5 Å². The molecule has 0 aliphatic carbocycles. The molecule has 148 valence electrons. The molecule has 4 bridgehead atoms. The van der Waals surface area contributed by atoms with Crippen LogP contribution < -0.4 is 14.7 Å². The van der Waals surface area contributed by atoms with E-state index in [9.17, 15) is 10.1 Å². The second-order valence-corrected chi connectivity index (χ2v) is 8.50. The zero-order valence-electron chi connectivity index (χ0n) is 16.2. The predicted octanol–water partition coefficient (Wildman–Crippen LogP) is -2.03. The number of nitrogens with one attached hydrogen (secondary N) is 3. The van der Waals surface area contributed by atoms with E-state index in [2.05, 4.69) is 29.4 Å². The molecule has 0 unspecified atom stereocenters. The number of hydrogen-bond acceptors (Lipinski definition) is 4. The van der Waals surface area contributed by atoms with Gasteiger partial charge in [0.05, 0.1) is 16.8 Å². The third-order valence-corrected chi connectivity index (χ3v) is 6.28. The lowest BCUT2D eigenvalue weighted by atomic mass is 9.74. The molecule has 0 spiro atoms. The Morgan fingerprint density at radius 2 is 1.52 bits per heavy atom. The lowest BCUT2D eigenvalue weighted by molar-refractivity contribution is -1.30. The maximum atomic E-state index is 10.8. The molecular weight excluding hydrogens is 368 g/mol. The second kappa shape index (κ2) is 7.14. The number of non-ortho nitro benzene ring substituents is 1.